The van der Waals surface area contributed by atoms with Crippen LogP contribution in [0, 0.1) is 0 Å². The van der Waals surface area contributed by atoms with Crippen LogP contribution in [0.1, 0.15) is 0 Å². The number of benzene rings is 4. The van der Waals surface area contributed by atoms with Crippen LogP contribution < -0.4 is 21.2 Å². The van der Waals surface area contributed by atoms with Gasteiger partial charge in [0.25, 0.3) is 0 Å². The Balaban J connectivity index is 2.02. The topological polar surface area (TPSA) is 0 Å². The summed E-state index contributed by atoms with van der Waals surface area (Å²) in [5.41, 5.74) is 0. The van der Waals surface area contributed by atoms with E-state index < -0.39 is 20.2 Å². The van der Waals surface area contributed by atoms with Crippen molar-refractivity contribution < 1.29 is 19.2 Å². The number of hydrogen-bond donors (Lipinski definition) is 0. The van der Waals surface area contributed by atoms with E-state index in [1.165, 1.54) is 21.2 Å². The molecular weight excluding hydrogens is 564 g/mol. The molecule has 0 amide bonds. The van der Waals surface area contributed by atoms with E-state index in [4.69, 9.17) is 23.2 Å². The molecule has 165 valence electrons. The average molecular weight is 587 g/mol. The van der Waals surface area contributed by atoms with Gasteiger partial charge >= 0.3 is 215 Å². The van der Waals surface area contributed by atoms with Gasteiger partial charge in [-0.05, 0) is 0 Å². The Morgan fingerprint density at radius 3 is 1.03 bits per heavy atom. The number of alkyl halides is 2. The van der Waals surface area contributed by atoms with Crippen LogP contribution in [-0.2, 0) is 19.2 Å². The average Bonchev–Trinajstić information content (AvgIpc) is 2.86. The Morgan fingerprint density at radius 1 is 0.562 bits per heavy atom. The van der Waals surface area contributed by atoms with Crippen molar-refractivity contribution in [3.8, 4) is 0 Å². The third-order valence-electron chi connectivity index (χ3n) is 5.20. The molecule has 4 aromatic rings. The second-order valence-corrected chi connectivity index (χ2v) is 14.7. The summed E-state index contributed by atoms with van der Waals surface area (Å²) in [5.74, 6) is 0. The summed E-state index contributed by atoms with van der Waals surface area (Å²) in [4.78, 5) is 0.644. The zero-order chi connectivity index (χ0) is 22.4. The Hall–Kier alpha value is -1.02. The van der Waals surface area contributed by atoms with E-state index in [-0.39, 0.29) is 5.38 Å². The van der Waals surface area contributed by atoms with Crippen LogP contribution >= 0.6 is 39.0 Å². The first-order valence-corrected chi connectivity index (χ1v) is 14.9. The van der Waals surface area contributed by atoms with Crippen LogP contribution in [-0.4, -0.2) is 9.73 Å². The van der Waals surface area contributed by atoms with Gasteiger partial charge in [0.05, 0.1) is 0 Å². The molecule has 0 aliphatic heterocycles. The summed E-state index contributed by atoms with van der Waals surface area (Å²) in [7, 11) is -1.98. The monoisotopic (exact) mass is 585 g/mol. The molecule has 0 saturated carbocycles. The van der Waals surface area contributed by atoms with Crippen molar-refractivity contribution in [2.24, 2.45) is 0 Å². The Labute approximate surface area is 214 Å². The van der Waals surface area contributed by atoms with Gasteiger partial charge in [0.1, 0.15) is 0 Å². The molecule has 1 atom stereocenters. The molecule has 0 N–H and O–H groups in total. The van der Waals surface area contributed by atoms with Gasteiger partial charge in [-0.3, -0.25) is 0 Å². The fourth-order valence-electron chi connectivity index (χ4n) is 3.79. The maximum absolute atomic E-state index is 7.96. The maximum atomic E-state index is 7.96. The van der Waals surface area contributed by atoms with E-state index in [2.05, 4.69) is 141 Å². The summed E-state index contributed by atoms with van der Waals surface area (Å²) in [6.45, 7) is 0. The van der Waals surface area contributed by atoms with E-state index in [0.717, 1.165) is 0 Å². The molecule has 4 aromatic carbocycles. The van der Waals surface area contributed by atoms with E-state index in [9.17, 15) is 0 Å². The summed E-state index contributed by atoms with van der Waals surface area (Å²) in [6.07, 6.45) is 0. The van der Waals surface area contributed by atoms with Crippen LogP contribution in [0.25, 0.3) is 0 Å². The first kappa shape index (κ1) is 24.1. The molecule has 5 heteroatoms. The van der Waals surface area contributed by atoms with E-state index in [1.54, 1.807) is 0 Å². The molecular formula is C27H23Cl2P2Pd. The zero-order valence-electron chi connectivity index (χ0n) is 17.3. The first-order valence-electron chi connectivity index (χ1n) is 10.3. The van der Waals surface area contributed by atoms with E-state index in [1.807, 2.05) is 0 Å². The Kier molecular flexibility index (Phi) is 8.60. The molecule has 0 nitrogen and oxygen atoms in total. The second-order valence-electron chi connectivity index (χ2n) is 7.25. The van der Waals surface area contributed by atoms with Crippen molar-refractivity contribution in [1.29, 1.82) is 0 Å². The SMILES string of the molecule is ClC([CH2][Pd])C(Cl)(P(c1ccccc1)c1ccccc1)P(c1ccccc1)c1ccccc1. The van der Waals surface area contributed by atoms with Crippen molar-refractivity contribution >= 4 is 60.3 Å². The molecule has 0 aromatic heterocycles. The molecule has 0 spiro atoms. The number of hydrogen-bond acceptors (Lipinski definition) is 0. The molecule has 0 aliphatic rings. The van der Waals surface area contributed by atoms with Gasteiger partial charge in [0.2, 0.25) is 0 Å². The normalized spacial score (nSPS) is 12.8. The quantitative estimate of drug-likeness (QED) is 0.122. The minimum atomic E-state index is -0.990. The van der Waals surface area contributed by atoms with Crippen LogP contribution in [0.5, 0.6) is 0 Å². The van der Waals surface area contributed by atoms with Crippen LogP contribution in [0.15, 0.2) is 121 Å². The van der Waals surface area contributed by atoms with Gasteiger partial charge in [0, 0.05) is 0 Å². The number of rotatable bonds is 8. The second kappa shape index (κ2) is 11.4. The van der Waals surface area contributed by atoms with E-state index >= 15 is 0 Å². The van der Waals surface area contributed by atoms with Crippen molar-refractivity contribution in [3.63, 3.8) is 0 Å². The van der Waals surface area contributed by atoms with Crippen molar-refractivity contribution in [2.45, 2.75) is 14.6 Å². The molecule has 0 bridgehead atoms. The van der Waals surface area contributed by atoms with Gasteiger partial charge < -0.3 is 0 Å². The molecule has 0 heterocycles. The van der Waals surface area contributed by atoms with Crippen molar-refractivity contribution in [2.75, 3.05) is 0 Å². The predicted molar refractivity (Wildman–Crippen MR) is 141 cm³/mol. The third kappa shape index (κ3) is 5.06. The predicted octanol–water partition coefficient (Wildman–Crippen LogP) is 6.72. The van der Waals surface area contributed by atoms with Crippen molar-refractivity contribution in [1.82, 2.24) is 0 Å². The van der Waals surface area contributed by atoms with E-state index in [0.29, 0.717) is 4.89 Å². The molecule has 32 heavy (non-hydrogen) atoms. The first-order chi connectivity index (χ1) is 15.7. The van der Waals surface area contributed by atoms with Gasteiger partial charge in [-0.2, -0.15) is 0 Å². The molecule has 0 fully saturated rings. The summed E-state index contributed by atoms with van der Waals surface area (Å²) >= 11 is 18.6. The molecule has 0 aliphatic carbocycles. The summed E-state index contributed by atoms with van der Waals surface area (Å²) in [5, 5.41) is 4.67. The minimum absolute atomic E-state index is 0.273. The fourth-order valence-corrected chi connectivity index (χ4v) is 13.6. The van der Waals surface area contributed by atoms with Crippen LogP contribution in [0.4, 0.5) is 0 Å². The van der Waals surface area contributed by atoms with Crippen molar-refractivity contribution in [3.05, 3.63) is 121 Å². The molecule has 0 saturated heterocycles. The third-order valence-corrected chi connectivity index (χ3v) is 14.7. The molecule has 1 unspecified atom stereocenters. The number of halogens is 2. The summed E-state index contributed by atoms with van der Waals surface area (Å²) in [6, 6.07) is 42.5. The van der Waals surface area contributed by atoms with Gasteiger partial charge in [-0.1, -0.05) is 0 Å². The molecule has 0 radical (unpaired) electrons. The zero-order valence-corrected chi connectivity index (χ0v) is 22.2. The standard InChI is InChI=1S/C27H23Cl2P2.Pd/c1-22(28)27(29,30(23-14-6-2-7-15-23)24-16-8-3-9-17-24)31(25-18-10-4-11-19-25)26-20-12-5-13-21-26;/h2-22H,1H2;. The summed E-state index contributed by atoms with van der Waals surface area (Å²) < 4.78 is -0.712. The fraction of sp³-hybridized carbons (Fsp3) is 0.111. The molecule has 4 rings (SSSR count). The van der Waals surface area contributed by atoms with Gasteiger partial charge in [0.15, 0.2) is 0 Å². The van der Waals surface area contributed by atoms with Gasteiger partial charge in [-0.25, -0.2) is 0 Å². The van der Waals surface area contributed by atoms with Crippen LogP contribution in [0.2, 0.25) is 4.89 Å². The Morgan fingerprint density at radius 2 is 0.812 bits per heavy atom. The van der Waals surface area contributed by atoms with Crippen LogP contribution in [0.3, 0.4) is 0 Å². The van der Waals surface area contributed by atoms with Gasteiger partial charge in [-0.15, -0.1) is 0 Å². The Bertz CT molecular complexity index is 934.